The molecule has 1 aromatic carbocycles. The van der Waals surface area contributed by atoms with Gasteiger partial charge < -0.3 is 0 Å². The van der Waals surface area contributed by atoms with Crippen LogP contribution in [0, 0.1) is 0 Å². The number of hydrogen-bond donors (Lipinski definition) is 0. The van der Waals surface area contributed by atoms with E-state index in [0.29, 0.717) is 17.3 Å². The van der Waals surface area contributed by atoms with Gasteiger partial charge in [-0.05, 0) is 24.4 Å². The van der Waals surface area contributed by atoms with E-state index in [4.69, 9.17) is 0 Å². The number of sulfone groups is 1. The van der Waals surface area contributed by atoms with E-state index in [0.717, 1.165) is 6.26 Å². The van der Waals surface area contributed by atoms with Crippen molar-refractivity contribution in [3.8, 4) is 0 Å². The molecule has 0 saturated carbocycles. The minimum atomic E-state index is -3.40. The molecule has 1 heterocycles. The molecule has 1 aromatic heterocycles. The van der Waals surface area contributed by atoms with Crippen molar-refractivity contribution >= 4 is 20.6 Å². The largest absolute Gasteiger partial charge is 0.299 e. The molecule has 0 N–H and O–H groups in total. The predicted octanol–water partition coefficient (Wildman–Crippen LogP) is 1.42. The third-order valence-electron chi connectivity index (χ3n) is 2.68. The van der Waals surface area contributed by atoms with Crippen LogP contribution in [0.5, 0.6) is 0 Å². The second-order valence-corrected chi connectivity index (χ2v) is 5.85. The quantitative estimate of drug-likeness (QED) is 0.811. The first kappa shape index (κ1) is 11.9. The first-order chi connectivity index (χ1) is 7.95. The standard InChI is InChI=1S/C12H13NO3S/c1-3-13-11(17(2,15)16)8-9-6-4-5-7-10(9)12(13)14/h4-8H,3H2,1-2H3. The molecule has 0 radical (unpaired) electrons. The van der Waals surface area contributed by atoms with Gasteiger partial charge in [-0.1, -0.05) is 18.2 Å². The average molecular weight is 251 g/mol. The SMILES string of the molecule is CCn1c(S(C)(=O)=O)cc2ccccc2c1=O. The third-order valence-corrected chi connectivity index (χ3v) is 3.78. The molecule has 0 aliphatic rings. The molecule has 0 aliphatic carbocycles. The zero-order chi connectivity index (χ0) is 12.6. The fourth-order valence-electron chi connectivity index (χ4n) is 1.88. The Morgan fingerprint density at radius 1 is 1.24 bits per heavy atom. The summed E-state index contributed by atoms with van der Waals surface area (Å²) in [4.78, 5) is 12.1. The maximum Gasteiger partial charge on any atom is 0.259 e. The third kappa shape index (κ3) is 1.98. The van der Waals surface area contributed by atoms with E-state index in [-0.39, 0.29) is 10.6 Å². The highest BCUT2D eigenvalue weighted by atomic mass is 32.2. The Bertz CT molecular complexity index is 729. The van der Waals surface area contributed by atoms with Crippen molar-refractivity contribution in [1.82, 2.24) is 4.57 Å². The summed E-state index contributed by atoms with van der Waals surface area (Å²) >= 11 is 0. The lowest BCUT2D eigenvalue weighted by atomic mass is 10.2. The molecule has 5 heteroatoms. The fraction of sp³-hybridized carbons (Fsp3) is 0.250. The van der Waals surface area contributed by atoms with Crippen LogP contribution in [-0.2, 0) is 16.4 Å². The number of aromatic nitrogens is 1. The van der Waals surface area contributed by atoms with E-state index in [1.807, 2.05) is 0 Å². The predicted molar refractivity (Wildman–Crippen MR) is 67.0 cm³/mol. The summed E-state index contributed by atoms with van der Waals surface area (Å²) in [7, 11) is -3.40. The maximum atomic E-state index is 12.1. The summed E-state index contributed by atoms with van der Waals surface area (Å²) in [5, 5.41) is 1.27. The van der Waals surface area contributed by atoms with Gasteiger partial charge in [-0.2, -0.15) is 0 Å². The number of nitrogens with zero attached hydrogens (tertiary/aromatic N) is 1. The molecule has 0 atom stereocenters. The fourth-order valence-corrected chi connectivity index (χ4v) is 2.83. The second kappa shape index (κ2) is 4.00. The lowest BCUT2D eigenvalue weighted by Gasteiger charge is -2.10. The normalized spacial score (nSPS) is 11.9. The molecule has 0 aliphatic heterocycles. The zero-order valence-corrected chi connectivity index (χ0v) is 10.5. The summed E-state index contributed by atoms with van der Waals surface area (Å²) in [6.07, 6.45) is 1.11. The van der Waals surface area contributed by atoms with E-state index in [9.17, 15) is 13.2 Å². The van der Waals surface area contributed by atoms with Gasteiger partial charge >= 0.3 is 0 Å². The topological polar surface area (TPSA) is 56.1 Å². The number of benzene rings is 1. The molecular formula is C12H13NO3S. The molecule has 0 bridgehead atoms. The Hall–Kier alpha value is -1.62. The van der Waals surface area contributed by atoms with Crippen LogP contribution in [-0.4, -0.2) is 19.2 Å². The second-order valence-electron chi connectivity index (χ2n) is 3.89. The Morgan fingerprint density at radius 2 is 1.88 bits per heavy atom. The van der Waals surface area contributed by atoms with Gasteiger partial charge in [-0.15, -0.1) is 0 Å². The lowest BCUT2D eigenvalue weighted by molar-refractivity contribution is 0.576. The van der Waals surface area contributed by atoms with Crippen molar-refractivity contribution in [3.63, 3.8) is 0 Å². The lowest BCUT2D eigenvalue weighted by Crippen LogP contribution is -2.24. The maximum absolute atomic E-state index is 12.1. The van der Waals surface area contributed by atoms with Crippen LogP contribution in [0.1, 0.15) is 6.92 Å². The van der Waals surface area contributed by atoms with E-state index < -0.39 is 9.84 Å². The van der Waals surface area contributed by atoms with E-state index in [1.165, 1.54) is 4.57 Å². The monoisotopic (exact) mass is 251 g/mol. The highest BCUT2D eigenvalue weighted by molar-refractivity contribution is 7.90. The van der Waals surface area contributed by atoms with Gasteiger partial charge in [0.1, 0.15) is 5.03 Å². The molecule has 90 valence electrons. The summed E-state index contributed by atoms with van der Waals surface area (Å²) in [5.74, 6) is 0. The Balaban J connectivity index is 3.01. The zero-order valence-electron chi connectivity index (χ0n) is 9.67. The summed E-state index contributed by atoms with van der Waals surface area (Å²) < 4.78 is 24.6. The Kier molecular flexibility index (Phi) is 2.79. The minimum absolute atomic E-state index is 0.0729. The van der Waals surface area contributed by atoms with Gasteiger partial charge in [0.15, 0.2) is 9.84 Å². The van der Waals surface area contributed by atoms with Crippen LogP contribution >= 0.6 is 0 Å². The number of fused-ring (bicyclic) bond motifs is 1. The molecule has 2 aromatic rings. The molecule has 0 fully saturated rings. The van der Waals surface area contributed by atoms with Crippen molar-refractivity contribution in [2.45, 2.75) is 18.5 Å². The van der Waals surface area contributed by atoms with Crippen LogP contribution in [0.25, 0.3) is 10.8 Å². The molecule has 17 heavy (non-hydrogen) atoms. The first-order valence-electron chi connectivity index (χ1n) is 5.28. The Morgan fingerprint density at radius 3 is 2.47 bits per heavy atom. The Labute approximate surface area is 99.4 Å². The average Bonchev–Trinajstić information content (AvgIpc) is 2.28. The van der Waals surface area contributed by atoms with E-state index in [1.54, 1.807) is 37.3 Å². The van der Waals surface area contributed by atoms with Crippen LogP contribution in [0.3, 0.4) is 0 Å². The van der Waals surface area contributed by atoms with Crippen LogP contribution in [0.4, 0.5) is 0 Å². The van der Waals surface area contributed by atoms with Gasteiger partial charge in [-0.25, -0.2) is 8.42 Å². The van der Waals surface area contributed by atoms with Crippen LogP contribution < -0.4 is 5.56 Å². The molecule has 4 nitrogen and oxygen atoms in total. The molecule has 0 spiro atoms. The first-order valence-corrected chi connectivity index (χ1v) is 7.17. The van der Waals surface area contributed by atoms with Crippen molar-refractivity contribution in [2.24, 2.45) is 0 Å². The number of rotatable bonds is 2. The molecule has 0 saturated heterocycles. The molecule has 0 unspecified atom stereocenters. The summed E-state index contributed by atoms with van der Waals surface area (Å²) in [6, 6.07) is 8.55. The number of pyridine rings is 1. The van der Waals surface area contributed by atoms with Crippen molar-refractivity contribution in [3.05, 3.63) is 40.7 Å². The molecular weight excluding hydrogens is 238 g/mol. The highest BCUT2D eigenvalue weighted by Crippen LogP contribution is 2.15. The summed E-state index contributed by atoms with van der Waals surface area (Å²) in [6.45, 7) is 2.09. The molecule has 2 rings (SSSR count). The number of hydrogen-bond acceptors (Lipinski definition) is 3. The van der Waals surface area contributed by atoms with Crippen LogP contribution in [0.2, 0.25) is 0 Å². The van der Waals surface area contributed by atoms with Crippen molar-refractivity contribution in [2.75, 3.05) is 6.26 Å². The van der Waals surface area contributed by atoms with E-state index >= 15 is 0 Å². The van der Waals surface area contributed by atoms with Gasteiger partial charge in [0.2, 0.25) is 0 Å². The smallest absolute Gasteiger partial charge is 0.259 e. The highest BCUT2D eigenvalue weighted by Gasteiger charge is 2.15. The van der Waals surface area contributed by atoms with Crippen molar-refractivity contribution in [1.29, 1.82) is 0 Å². The summed E-state index contributed by atoms with van der Waals surface area (Å²) in [5.41, 5.74) is -0.258. The van der Waals surface area contributed by atoms with Gasteiger partial charge in [0.05, 0.1) is 0 Å². The minimum Gasteiger partial charge on any atom is -0.299 e. The molecule has 0 amide bonds. The van der Waals surface area contributed by atoms with E-state index in [2.05, 4.69) is 0 Å². The van der Waals surface area contributed by atoms with Gasteiger partial charge in [0.25, 0.3) is 5.56 Å². The van der Waals surface area contributed by atoms with Crippen LogP contribution in [0.15, 0.2) is 40.2 Å². The van der Waals surface area contributed by atoms with Gasteiger partial charge in [0, 0.05) is 18.2 Å². The van der Waals surface area contributed by atoms with Gasteiger partial charge in [-0.3, -0.25) is 9.36 Å². The van der Waals surface area contributed by atoms with Crippen molar-refractivity contribution < 1.29 is 8.42 Å².